The predicted octanol–water partition coefficient (Wildman–Crippen LogP) is 2.44. The number of hydrogen-bond acceptors (Lipinski definition) is 2. The zero-order valence-electron chi connectivity index (χ0n) is 7.60. The molecule has 0 aromatic heterocycles. The molecule has 0 radical (unpaired) electrons. The Balaban J connectivity index is 2.46. The lowest BCUT2D eigenvalue weighted by Gasteiger charge is -2.31. The van der Waals surface area contributed by atoms with E-state index >= 15 is 0 Å². The number of rotatable bonds is 2. The van der Waals surface area contributed by atoms with Gasteiger partial charge in [0.25, 0.3) is 0 Å². The Labute approximate surface area is 73.6 Å². The largest absolute Gasteiger partial charge is 0.300 e. The highest BCUT2D eigenvalue weighted by molar-refractivity contribution is 5.79. The molecule has 2 nitrogen and oxygen atoms in total. The van der Waals surface area contributed by atoms with Crippen molar-refractivity contribution >= 4 is 5.78 Å². The SMILES string of the molecule is C[C@]1(CCC#N)CCCC(=O)C1. The van der Waals surface area contributed by atoms with Crippen LogP contribution >= 0.6 is 0 Å². The van der Waals surface area contributed by atoms with Crippen molar-refractivity contribution in [3.05, 3.63) is 0 Å². The number of ketones is 1. The van der Waals surface area contributed by atoms with Gasteiger partial charge in [0.1, 0.15) is 5.78 Å². The van der Waals surface area contributed by atoms with Gasteiger partial charge in [0, 0.05) is 19.3 Å². The van der Waals surface area contributed by atoms with E-state index in [1.165, 1.54) is 0 Å². The van der Waals surface area contributed by atoms with Gasteiger partial charge in [0.05, 0.1) is 6.07 Å². The summed E-state index contributed by atoms with van der Waals surface area (Å²) in [6.45, 7) is 2.13. The van der Waals surface area contributed by atoms with Crippen LogP contribution in [0.4, 0.5) is 0 Å². The molecular weight excluding hydrogens is 150 g/mol. The van der Waals surface area contributed by atoms with Gasteiger partial charge >= 0.3 is 0 Å². The Bertz CT molecular complexity index is 216. The van der Waals surface area contributed by atoms with Gasteiger partial charge in [-0.05, 0) is 24.7 Å². The second kappa shape index (κ2) is 3.71. The third-order valence-electron chi connectivity index (χ3n) is 2.70. The van der Waals surface area contributed by atoms with Crippen molar-refractivity contribution in [1.82, 2.24) is 0 Å². The van der Waals surface area contributed by atoms with Crippen LogP contribution in [0, 0.1) is 16.7 Å². The van der Waals surface area contributed by atoms with Crippen LogP contribution in [0.3, 0.4) is 0 Å². The molecule has 0 N–H and O–H groups in total. The van der Waals surface area contributed by atoms with Gasteiger partial charge in [-0.2, -0.15) is 5.26 Å². The fourth-order valence-corrected chi connectivity index (χ4v) is 1.94. The van der Waals surface area contributed by atoms with E-state index in [9.17, 15) is 4.79 Å². The first-order valence-corrected chi connectivity index (χ1v) is 4.55. The summed E-state index contributed by atoms with van der Waals surface area (Å²) in [5, 5.41) is 8.44. The molecular formula is C10H15NO. The molecule has 0 aromatic rings. The van der Waals surface area contributed by atoms with Crippen molar-refractivity contribution in [2.75, 3.05) is 0 Å². The Kier molecular flexibility index (Phi) is 2.86. The lowest BCUT2D eigenvalue weighted by molar-refractivity contribution is -0.123. The molecule has 0 saturated heterocycles. The van der Waals surface area contributed by atoms with E-state index < -0.39 is 0 Å². The quantitative estimate of drug-likeness (QED) is 0.630. The van der Waals surface area contributed by atoms with Gasteiger partial charge in [-0.1, -0.05) is 6.92 Å². The van der Waals surface area contributed by atoms with Crippen LogP contribution in [0.15, 0.2) is 0 Å². The maximum absolute atomic E-state index is 11.2. The van der Waals surface area contributed by atoms with Crippen molar-refractivity contribution in [3.63, 3.8) is 0 Å². The average molecular weight is 165 g/mol. The number of nitrogens with zero attached hydrogens (tertiary/aromatic N) is 1. The maximum Gasteiger partial charge on any atom is 0.133 e. The molecule has 12 heavy (non-hydrogen) atoms. The van der Waals surface area contributed by atoms with Crippen LogP contribution in [0.25, 0.3) is 0 Å². The standard InChI is InChI=1S/C10H15NO/c1-10(6-3-7-11)5-2-4-9(12)8-10/h2-6,8H2,1H3/t10-/m1/s1. The highest BCUT2D eigenvalue weighted by Gasteiger charge is 2.30. The number of carbonyl (C=O) groups excluding carboxylic acids is 1. The van der Waals surface area contributed by atoms with Gasteiger partial charge in [-0.15, -0.1) is 0 Å². The van der Waals surface area contributed by atoms with E-state index in [1.54, 1.807) is 0 Å². The number of carbonyl (C=O) groups is 1. The van der Waals surface area contributed by atoms with Gasteiger partial charge in [0.2, 0.25) is 0 Å². The molecule has 1 aliphatic carbocycles. The summed E-state index contributed by atoms with van der Waals surface area (Å²) in [5.41, 5.74) is 0.130. The van der Waals surface area contributed by atoms with Gasteiger partial charge in [0.15, 0.2) is 0 Å². The van der Waals surface area contributed by atoms with Crippen LogP contribution in [0.1, 0.15) is 45.4 Å². The monoisotopic (exact) mass is 165 g/mol. The van der Waals surface area contributed by atoms with E-state index in [0.29, 0.717) is 18.6 Å². The topological polar surface area (TPSA) is 40.9 Å². The Morgan fingerprint density at radius 3 is 3.00 bits per heavy atom. The van der Waals surface area contributed by atoms with Gasteiger partial charge in [-0.25, -0.2) is 0 Å². The Morgan fingerprint density at radius 1 is 1.67 bits per heavy atom. The average Bonchev–Trinajstić information content (AvgIpc) is 2.01. The smallest absolute Gasteiger partial charge is 0.133 e. The summed E-state index contributed by atoms with van der Waals surface area (Å²) < 4.78 is 0. The molecule has 2 heteroatoms. The summed E-state index contributed by atoms with van der Waals surface area (Å²) in [7, 11) is 0. The van der Waals surface area contributed by atoms with Crippen molar-refractivity contribution in [2.24, 2.45) is 5.41 Å². The summed E-state index contributed by atoms with van der Waals surface area (Å²) in [5.74, 6) is 0.377. The van der Waals surface area contributed by atoms with Crippen molar-refractivity contribution in [1.29, 1.82) is 5.26 Å². The minimum absolute atomic E-state index is 0.130. The molecule has 0 aromatic carbocycles. The molecule has 0 aliphatic heterocycles. The summed E-state index contributed by atoms with van der Waals surface area (Å²) in [6, 6.07) is 2.14. The lowest BCUT2D eigenvalue weighted by atomic mass is 9.72. The Hall–Kier alpha value is -0.840. The third kappa shape index (κ3) is 2.34. The predicted molar refractivity (Wildman–Crippen MR) is 46.4 cm³/mol. The normalized spacial score (nSPS) is 29.8. The summed E-state index contributed by atoms with van der Waals surface area (Å²) >= 11 is 0. The van der Waals surface area contributed by atoms with Crippen molar-refractivity contribution in [3.8, 4) is 6.07 Å². The first-order chi connectivity index (χ1) is 5.66. The number of Topliss-reactive ketones (excluding diaryl/α,β-unsaturated/α-hetero) is 1. The molecule has 1 fully saturated rings. The molecule has 1 aliphatic rings. The minimum Gasteiger partial charge on any atom is -0.300 e. The van der Waals surface area contributed by atoms with Gasteiger partial charge in [-0.3, -0.25) is 4.79 Å². The first kappa shape index (κ1) is 9.25. The maximum atomic E-state index is 11.2. The lowest BCUT2D eigenvalue weighted by Crippen LogP contribution is -2.25. The highest BCUT2D eigenvalue weighted by Crippen LogP contribution is 2.37. The van der Waals surface area contributed by atoms with Crippen LogP contribution in [-0.4, -0.2) is 5.78 Å². The minimum atomic E-state index is 0.130. The van der Waals surface area contributed by atoms with Crippen molar-refractivity contribution < 1.29 is 4.79 Å². The fourth-order valence-electron chi connectivity index (χ4n) is 1.94. The van der Waals surface area contributed by atoms with E-state index in [0.717, 1.165) is 25.7 Å². The molecule has 66 valence electrons. The first-order valence-electron chi connectivity index (χ1n) is 4.55. The summed E-state index contributed by atoms with van der Waals surface area (Å²) in [6.07, 6.45) is 5.04. The van der Waals surface area contributed by atoms with Crippen LogP contribution in [0.2, 0.25) is 0 Å². The number of nitriles is 1. The van der Waals surface area contributed by atoms with Crippen LogP contribution in [-0.2, 0) is 4.79 Å². The van der Waals surface area contributed by atoms with E-state index in [-0.39, 0.29) is 5.41 Å². The van der Waals surface area contributed by atoms with E-state index in [1.807, 2.05) is 0 Å². The van der Waals surface area contributed by atoms with Crippen LogP contribution in [0.5, 0.6) is 0 Å². The molecule has 0 spiro atoms. The fraction of sp³-hybridized carbons (Fsp3) is 0.800. The molecule has 0 bridgehead atoms. The number of hydrogen-bond donors (Lipinski definition) is 0. The summed E-state index contributed by atoms with van der Waals surface area (Å²) in [4.78, 5) is 11.2. The third-order valence-corrected chi connectivity index (χ3v) is 2.70. The Morgan fingerprint density at radius 2 is 2.42 bits per heavy atom. The van der Waals surface area contributed by atoms with Crippen LogP contribution < -0.4 is 0 Å². The second-order valence-electron chi connectivity index (χ2n) is 4.04. The molecule has 0 amide bonds. The van der Waals surface area contributed by atoms with E-state index in [4.69, 9.17) is 5.26 Å². The second-order valence-corrected chi connectivity index (χ2v) is 4.04. The van der Waals surface area contributed by atoms with Crippen molar-refractivity contribution in [2.45, 2.75) is 45.4 Å². The molecule has 1 rings (SSSR count). The molecule has 1 atom stereocenters. The highest BCUT2D eigenvalue weighted by atomic mass is 16.1. The molecule has 0 heterocycles. The van der Waals surface area contributed by atoms with Gasteiger partial charge < -0.3 is 0 Å². The molecule has 1 saturated carbocycles. The zero-order chi connectivity index (χ0) is 9.03. The van der Waals surface area contributed by atoms with E-state index in [2.05, 4.69) is 13.0 Å². The molecule has 0 unspecified atom stereocenters. The zero-order valence-corrected chi connectivity index (χ0v) is 7.60.